The number of piperidine rings is 1. The molecule has 4 rings (SSSR count). The van der Waals surface area contributed by atoms with Crippen LogP contribution in [0.4, 0.5) is 4.39 Å². The van der Waals surface area contributed by atoms with E-state index < -0.39 is 29.4 Å². The molecular weight excluding hydrogens is 495 g/mol. The standard InChI is InChI=1S/C24H27FN2O6S2/c1-13(28)26-24(23(32)33)11-19(24)35-34-18-8-9-27(12-15-4-2-3-5-17(15)25)21(16(18)10-20(29)30)22(31)14-6-7-14/h2-5,10,14,18-19,21H,6-9,11-12H2,1H3,(H,26,28)(H,29,30)(H,32,33)/b16-10+/t18?,19-,21?,24?/m1/s1. The van der Waals surface area contributed by atoms with Crippen LogP contribution in [0.1, 0.15) is 38.2 Å². The molecule has 2 saturated carbocycles. The van der Waals surface area contributed by atoms with Crippen molar-refractivity contribution in [1.82, 2.24) is 10.2 Å². The van der Waals surface area contributed by atoms with Crippen molar-refractivity contribution in [2.24, 2.45) is 5.92 Å². The lowest BCUT2D eigenvalue weighted by atomic mass is 9.89. The van der Waals surface area contributed by atoms with Crippen LogP contribution in [0.25, 0.3) is 0 Å². The third kappa shape index (κ3) is 5.73. The predicted octanol–water partition coefficient (Wildman–Crippen LogP) is 2.87. The second-order valence-corrected chi connectivity index (χ2v) is 11.9. The maximum Gasteiger partial charge on any atom is 0.330 e. The van der Waals surface area contributed by atoms with E-state index in [0.29, 0.717) is 24.1 Å². The number of amides is 1. The number of likely N-dealkylation sites (tertiary alicyclic amines) is 1. The van der Waals surface area contributed by atoms with Gasteiger partial charge in [0.1, 0.15) is 5.82 Å². The number of benzene rings is 1. The molecule has 0 radical (unpaired) electrons. The first-order chi connectivity index (χ1) is 16.6. The molecule has 2 aliphatic carbocycles. The van der Waals surface area contributed by atoms with E-state index in [4.69, 9.17) is 0 Å². The summed E-state index contributed by atoms with van der Waals surface area (Å²) in [6, 6.07) is 5.56. The summed E-state index contributed by atoms with van der Waals surface area (Å²) in [6.07, 6.45) is 3.40. The molecule has 3 unspecified atom stereocenters. The molecule has 0 bridgehead atoms. The Morgan fingerprint density at radius 3 is 2.49 bits per heavy atom. The lowest BCUT2D eigenvalue weighted by Gasteiger charge is -2.40. The van der Waals surface area contributed by atoms with Gasteiger partial charge < -0.3 is 15.5 Å². The second-order valence-electron chi connectivity index (χ2n) is 9.24. The molecule has 1 heterocycles. The first-order valence-corrected chi connectivity index (χ1v) is 13.7. The molecule has 3 N–H and O–H groups in total. The van der Waals surface area contributed by atoms with Crippen molar-refractivity contribution in [3.63, 3.8) is 0 Å². The molecule has 0 spiro atoms. The van der Waals surface area contributed by atoms with E-state index in [1.807, 2.05) is 4.90 Å². The van der Waals surface area contributed by atoms with Crippen LogP contribution < -0.4 is 5.32 Å². The number of halogens is 1. The molecule has 188 valence electrons. The normalized spacial score (nSPS) is 29.5. The van der Waals surface area contributed by atoms with Gasteiger partial charge in [-0.2, -0.15) is 0 Å². The van der Waals surface area contributed by atoms with Crippen LogP contribution in [0.5, 0.6) is 0 Å². The summed E-state index contributed by atoms with van der Waals surface area (Å²) >= 11 is 0. The van der Waals surface area contributed by atoms with E-state index >= 15 is 0 Å². The van der Waals surface area contributed by atoms with Crippen molar-refractivity contribution in [2.75, 3.05) is 6.54 Å². The van der Waals surface area contributed by atoms with Crippen molar-refractivity contribution in [1.29, 1.82) is 0 Å². The molecular formula is C24H27FN2O6S2. The summed E-state index contributed by atoms with van der Waals surface area (Å²) in [5.41, 5.74) is -0.430. The zero-order valence-corrected chi connectivity index (χ0v) is 20.7. The quantitative estimate of drug-likeness (QED) is 0.314. The molecule has 35 heavy (non-hydrogen) atoms. The minimum absolute atomic E-state index is 0.0475. The number of rotatable bonds is 10. The maximum atomic E-state index is 14.4. The number of carbonyl (C=O) groups excluding carboxylic acids is 2. The molecule has 1 saturated heterocycles. The SMILES string of the molecule is CC(=O)NC1(C(=O)O)C[C@H]1SSC1CCN(Cc2ccccc2F)C(C(=O)C2CC2)/C1=C/C(=O)O. The minimum atomic E-state index is -1.32. The fourth-order valence-corrected chi connectivity index (χ4v) is 8.10. The van der Waals surface area contributed by atoms with Crippen LogP contribution in [0.3, 0.4) is 0 Å². The van der Waals surface area contributed by atoms with Crippen LogP contribution in [0, 0.1) is 11.7 Å². The zero-order chi connectivity index (χ0) is 25.3. The summed E-state index contributed by atoms with van der Waals surface area (Å²) in [4.78, 5) is 50.2. The van der Waals surface area contributed by atoms with E-state index in [2.05, 4.69) is 5.32 Å². The van der Waals surface area contributed by atoms with Crippen LogP contribution >= 0.6 is 21.6 Å². The zero-order valence-electron chi connectivity index (χ0n) is 19.1. The Hall–Kier alpha value is -2.37. The van der Waals surface area contributed by atoms with Gasteiger partial charge >= 0.3 is 11.9 Å². The van der Waals surface area contributed by atoms with Crippen molar-refractivity contribution in [3.05, 3.63) is 47.3 Å². The van der Waals surface area contributed by atoms with E-state index in [0.717, 1.165) is 18.9 Å². The fraction of sp³-hybridized carbons (Fsp3) is 0.500. The van der Waals surface area contributed by atoms with Gasteiger partial charge in [0.15, 0.2) is 11.3 Å². The number of ketones is 1. The monoisotopic (exact) mass is 522 g/mol. The molecule has 0 aromatic heterocycles. The van der Waals surface area contributed by atoms with E-state index in [-0.39, 0.29) is 41.0 Å². The van der Waals surface area contributed by atoms with Crippen molar-refractivity contribution < 1.29 is 33.8 Å². The summed E-state index contributed by atoms with van der Waals surface area (Å²) in [7, 11) is 2.65. The highest BCUT2D eigenvalue weighted by atomic mass is 33.1. The Morgan fingerprint density at radius 2 is 1.89 bits per heavy atom. The van der Waals surface area contributed by atoms with Crippen LogP contribution in [0.2, 0.25) is 0 Å². The summed E-state index contributed by atoms with van der Waals surface area (Å²) in [6.45, 7) is 1.92. The highest BCUT2D eigenvalue weighted by molar-refractivity contribution is 8.77. The molecule has 1 aliphatic heterocycles. The molecule has 4 atom stereocenters. The first kappa shape index (κ1) is 25.7. The average Bonchev–Trinajstić information content (AvgIpc) is 3.70. The summed E-state index contributed by atoms with van der Waals surface area (Å²) in [5, 5.41) is 21.0. The molecule has 3 aliphatic rings. The van der Waals surface area contributed by atoms with Gasteiger partial charge in [0.2, 0.25) is 5.91 Å². The van der Waals surface area contributed by atoms with Gasteiger partial charge in [-0.1, -0.05) is 39.8 Å². The van der Waals surface area contributed by atoms with Gasteiger partial charge in [-0.3, -0.25) is 14.5 Å². The number of aliphatic carboxylic acids is 2. The number of carbonyl (C=O) groups is 4. The lowest BCUT2D eigenvalue weighted by Crippen LogP contribution is -2.50. The summed E-state index contributed by atoms with van der Waals surface area (Å²) in [5.74, 6) is -3.25. The van der Waals surface area contributed by atoms with E-state index in [1.165, 1.54) is 34.6 Å². The Bertz CT molecular complexity index is 1080. The van der Waals surface area contributed by atoms with Crippen LogP contribution in [-0.2, 0) is 25.7 Å². The van der Waals surface area contributed by atoms with Crippen LogP contribution in [-0.4, -0.2) is 67.4 Å². The van der Waals surface area contributed by atoms with Crippen molar-refractivity contribution >= 4 is 45.2 Å². The number of nitrogens with zero attached hydrogens (tertiary/aromatic N) is 1. The predicted molar refractivity (Wildman–Crippen MR) is 130 cm³/mol. The van der Waals surface area contributed by atoms with E-state index in [9.17, 15) is 33.8 Å². The Labute approximate surface area is 210 Å². The number of carboxylic acids is 2. The third-order valence-electron chi connectivity index (χ3n) is 6.57. The van der Waals surface area contributed by atoms with Crippen LogP contribution in [0.15, 0.2) is 35.9 Å². The van der Waals surface area contributed by atoms with Gasteiger partial charge in [0.25, 0.3) is 0 Å². The molecule has 3 fully saturated rings. The number of nitrogens with one attached hydrogen (secondary N) is 1. The number of carboxylic acid groups (broad SMARTS) is 2. The van der Waals surface area contributed by atoms with E-state index in [1.54, 1.807) is 18.2 Å². The molecule has 8 nitrogen and oxygen atoms in total. The molecule has 1 amide bonds. The van der Waals surface area contributed by atoms with Crippen molar-refractivity contribution in [3.8, 4) is 0 Å². The smallest absolute Gasteiger partial charge is 0.330 e. The largest absolute Gasteiger partial charge is 0.479 e. The third-order valence-corrected chi connectivity index (χ3v) is 9.95. The Morgan fingerprint density at radius 1 is 1.17 bits per heavy atom. The average molecular weight is 523 g/mol. The maximum absolute atomic E-state index is 14.4. The highest BCUT2D eigenvalue weighted by Gasteiger charge is 2.62. The molecule has 1 aromatic rings. The van der Waals surface area contributed by atoms with Gasteiger partial charge in [-0.25, -0.2) is 14.0 Å². The van der Waals surface area contributed by atoms with Gasteiger partial charge in [-0.05, 0) is 37.3 Å². The first-order valence-electron chi connectivity index (χ1n) is 11.4. The van der Waals surface area contributed by atoms with Gasteiger partial charge in [0, 0.05) is 42.8 Å². The highest BCUT2D eigenvalue weighted by Crippen LogP contribution is 2.54. The number of hydrogen-bond acceptors (Lipinski definition) is 7. The number of hydrogen-bond donors (Lipinski definition) is 3. The van der Waals surface area contributed by atoms with Gasteiger partial charge in [0.05, 0.1) is 11.3 Å². The van der Waals surface area contributed by atoms with Crippen molar-refractivity contribution in [2.45, 2.75) is 61.2 Å². The topological polar surface area (TPSA) is 124 Å². The minimum Gasteiger partial charge on any atom is -0.479 e. The fourth-order valence-electron chi connectivity index (χ4n) is 4.54. The summed E-state index contributed by atoms with van der Waals surface area (Å²) < 4.78 is 14.4. The molecule has 1 aromatic carbocycles. The Kier molecular flexibility index (Phi) is 7.58. The van der Waals surface area contributed by atoms with Gasteiger partial charge in [-0.15, -0.1) is 0 Å². The lowest BCUT2D eigenvalue weighted by molar-refractivity contribution is -0.142. The second kappa shape index (κ2) is 10.3. The Balaban J connectivity index is 1.55. The molecule has 11 heteroatoms. The number of Topliss-reactive ketones (excluding diaryl/α,β-unsaturated/α-hetero) is 1.